The predicted octanol–water partition coefficient (Wildman–Crippen LogP) is 2.40. The molecule has 0 aliphatic rings. The lowest BCUT2D eigenvalue weighted by Gasteiger charge is -1.97. The minimum absolute atomic E-state index is 0.0750. The van der Waals surface area contributed by atoms with Gasteiger partial charge in [0.15, 0.2) is 0 Å². The van der Waals surface area contributed by atoms with Crippen LogP contribution in [0.2, 0.25) is 0 Å². The molecule has 0 saturated heterocycles. The third kappa shape index (κ3) is 2.18. The van der Waals surface area contributed by atoms with Crippen LogP contribution >= 0.6 is 0 Å². The van der Waals surface area contributed by atoms with E-state index >= 15 is 0 Å². The molecular formula is C12H18N2O. The average Bonchev–Trinajstić information content (AvgIpc) is 2.57. The zero-order valence-electron chi connectivity index (χ0n) is 9.78. The monoisotopic (exact) mass is 206 g/mol. The molecule has 15 heavy (non-hydrogen) atoms. The van der Waals surface area contributed by atoms with Crippen molar-refractivity contribution in [3.05, 3.63) is 29.6 Å². The SMILES string of the molecule is CC.Cc1nc2cc(CO)ccc2n1C. The highest BCUT2D eigenvalue weighted by Gasteiger charge is 2.03. The lowest BCUT2D eigenvalue weighted by Crippen LogP contribution is -1.90. The van der Waals surface area contributed by atoms with Crippen molar-refractivity contribution in [2.24, 2.45) is 7.05 Å². The third-order valence-electron chi connectivity index (χ3n) is 2.35. The summed E-state index contributed by atoms with van der Waals surface area (Å²) >= 11 is 0. The van der Waals surface area contributed by atoms with Crippen LogP contribution in [0.4, 0.5) is 0 Å². The van der Waals surface area contributed by atoms with E-state index < -0.39 is 0 Å². The van der Waals surface area contributed by atoms with Crippen molar-refractivity contribution in [1.29, 1.82) is 0 Å². The minimum atomic E-state index is 0.0750. The van der Waals surface area contributed by atoms with Gasteiger partial charge < -0.3 is 9.67 Å². The summed E-state index contributed by atoms with van der Waals surface area (Å²) in [5.41, 5.74) is 2.96. The van der Waals surface area contributed by atoms with Crippen LogP contribution in [0, 0.1) is 6.92 Å². The molecule has 0 radical (unpaired) electrons. The van der Waals surface area contributed by atoms with Crippen LogP contribution in [0.25, 0.3) is 11.0 Å². The lowest BCUT2D eigenvalue weighted by molar-refractivity contribution is 0.282. The van der Waals surface area contributed by atoms with Crippen LogP contribution < -0.4 is 0 Å². The van der Waals surface area contributed by atoms with Gasteiger partial charge >= 0.3 is 0 Å². The van der Waals surface area contributed by atoms with Gasteiger partial charge in [-0.3, -0.25) is 0 Å². The van der Waals surface area contributed by atoms with E-state index in [2.05, 4.69) is 4.98 Å². The second kappa shape index (κ2) is 4.94. The highest BCUT2D eigenvalue weighted by molar-refractivity contribution is 5.76. The number of hydrogen-bond donors (Lipinski definition) is 1. The van der Waals surface area contributed by atoms with E-state index in [-0.39, 0.29) is 6.61 Å². The summed E-state index contributed by atoms with van der Waals surface area (Å²) in [7, 11) is 1.99. The Bertz CT molecular complexity index is 446. The van der Waals surface area contributed by atoms with Gasteiger partial charge in [-0.15, -0.1) is 0 Å². The summed E-state index contributed by atoms with van der Waals surface area (Å²) in [6.07, 6.45) is 0. The topological polar surface area (TPSA) is 38.1 Å². The Balaban J connectivity index is 0.000000531. The summed E-state index contributed by atoms with van der Waals surface area (Å²) in [4.78, 5) is 4.37. The molecule has 1 aromatic carbocycles. The van der Waals surface area contributed by atoms with Gasteiger partial charge in [0.05, 0.1) is 17.6 Å². The largest absolute Gasteiger partial charge is 0.392 e. The van der Waals surface area contributed by atoms with Crippen LogP contribution in [0.3, 0.4) is 0 Å². The van der Waals surface area contributed by atoms with Crippen LogP contribution in [-0.2, 0) is 13.7 Å². The zero-order valence-corrected chi connectivity index (χ0v) is 9.78. The first-order chi connectivity index (χ1) is 7.22. The maximum Gasteiger partial charge on any atom is 0.106 e. The van der Waals surface area contributed by atoms with Gasteiger partial charge in [0.25, 0.3) is 0 Å². The van der Waals surface area contributed by atoms with E-state index in [1.807, 2.05) is 50.6 Å². The van der Waals surface area contributed by atoms with Crippen molar-refractivity contribution >= 4 is 11.0 Å². The van der Waals surface area contributed by atoms with Gasteiger partial charge in [-0.25, -0.2) is 4.98 Å². The Morgan fingerprint density at radius 3 is 2.60 bits per heavy atom. The number of rotatable bonds is 1. The first-order valence-corrected chi connectivity index (χ1v) is 5.25. The molecule has 0 bridgehead atoms. The van der Waals surface area contributed by atoms with E-state index in [0.29, 0.717) is 0 Å². The maximum absolute atomic E-state index is 8.94. The molecule has 1 heterocycles. The average molecular weight is 206 g/mol. The standard InChI is InChI=1S/C10H12N2O.C2H6/c1-7-11-9-5-8(6-13)3-4-10(9)12(7)2;1-2/h3-5,13H,6H2,1-2H3;1-2H3. The van der Waals surface area contributed by atoms with Crippen LogP contribution in [0.5, 0.6) is 0 Å². The summed E-state index contributed by atoms with van der Waals surface area (Å²) in [5.74, 6) is 0.991. The second-order valence-corrected chi connectivity index (χ2v) is 3.20. The number of benzene rings is 1. The molecule has 2 aromatic rings. The molecule has 0 unspecified atom stereocenters. The fraction of sp³-hybridized carbons (Fsp3) is 0.417. The number of fused-ring (bicyclic) bond motifs is 1. The van der Waals surface area contributed by atoms with E-state index in [9.17, 15) is 0 Å². The zero-order chi connectivity index (χ0) is 11.4. The van der Waals surface area contributed by atoms with Crippen molar-refractivity contribution in [1.82, 2.24) is 9.55 Å². The molecule has 0 aliphatic carbocycles. The van der Waals surface area contributed by atoms with Crippen LogP contribution in [0.15, 0.2) is 18.2 Å². The quantitative estimate of drug-likeness (QED) is 0.778. The van der Waals surface area contributed by atoms with E-state index in [1.165, 1.54) is 0 Å². The van der Waals surface area contributed by atoms with Crippen molar-refractivity contribution in [2.75, 3.05) is 0 Å². The summed E-state index contributed by atoms with van der Waals surface area (Å²) in [6, 6.07) is 5.83. The number of aryl methyl sites for hydroxylation is 2. The fourth-order valence-electron chi connectivity index (χ4n) is 1.46. The first kappa shape index (κ1) is 11.7. The van der Waals surface area contributed by atoms with Gasteiger partial charge in [0.2, 0.25) is 0 Å². The molecule has 1 N–H and O–H groups in total. The molecule has 1 aromatic heterocycles. The molecule has 2 rings (SSSR count). The number of aliphatic hydroxyl groups is 1. The van der Waals surface area contributed by atoms with Crippen LogP contribution in [-0.4, -0.2) is 14.7 Å². The molecule has 0 aliphatic heterocycles. The molecule has 0 atom stereocenters. The summed E-state index contributed by atoms with van der Waals surface area (Å²) in [5, 5.41) is 8.94. The second-order valence-electron chi connectivity index (χ2n) is 3.20. The Hall–Kier alpha value is -1.35. The third-order valence-corrected chi connectivity index (χ3v) is 2.35. The lowest BCUT2D eigenvalue weighted by atomic mass is 10.2. The van der Waals surface area contributed by atoms with Gasteiger partial charge in [0, 0.05) is 7.05 Å². The first-order valence-electron chi connectivity index (χ1n) is 5.25. The van der Waals surface area contributed by atoms with Crippen molar-refractivity contribution < 1.29 is 5.11 Å². The molecule has 0 saturated carbocycles. The Labute approximate surface area is 90.4 Å². The fourth-order valence-corrected chi connectivity index (χ4v) is 1.46. The van der Waals surface area contributed by atoms with Gasteiger partial charge in [-0.1, -0.05) is 19.9 Å². The predicted molar refractivity (Wildman–Crippen MR) is 62.7 cm³/mol. The number of aromatic nitrogens is 2. The van der Waals surface area contributed by atoms with Gasteiger partial charge in [-0.2, -0.15) is 0 Å². The molecule has 0 spiro atoms. The highest BCUT2D eigenvalue weighted by Crippen LogP contribution is 2.16. The number of nitrogens with zero attached hydrogens (tertiary/aromatic N) is 2. The van der Waals surface area contributed by atoms with Crippen molar-refractivity contribution in [3.8, 4) is 0 Å². The molecule has 0 fully saturated rings. The Morgan fingerprint density at radius 1 is 1.33 bits per heavy atom. The summed E-state index contributed by atoms with van der Waals surface area (Å²) in [6.45, 7) is 6.05. The van der Waals surface area contributed by atoms with Gasteiger partial charge in [0.1, 0.15) is 5.82 Å². The molecule has 3 nitrogen and oxygen atoms in total. The van der Waals surface area contributed by atoms with E-state index in [0.717, 1.165) is 22.4 Å². The summed E-state index contributed by atoms with van der Waals surface area (Å²) < 4.78 is 2.04. The molecule has 0 amide bonds. The van der Waals surface area contributed by atoms with E-state index in [1.54, 1.807) is 0 Å². The number of aliphatic hydroxyl groups excluding tert-OH is 1. The van der Waals surface area contributed by atoms with Crippen LogP contribution in [0.1, 0.15) is 25.2 Å². The Morgan fingerprint density at radius 2 is 2.00 bits per heavy atom. The Kier molecular flexibility index (Phi) is 3.86. The minimum Gasteiger partial charge on any atom is -0.392 e. The van der Waals surface area contributed by atoms with Crippen molar-refractivity contribution in [3.63, 3.8) is 0 Å². The maximum atomic E-state index is 8.94. The molecule has 3 heteroatoms. The van der Waals surface area contributed by atoms with E-state index in [4.69, 9.17) is 5.11 Å². The normalized spacial score (nSPS) is 9.93. The molecular weight excluding hydrogens is 188 g/mol. The highest BCUT2D eigenvalue weighted by atomic mass is 16.3. The smallest absolute Gasteiger partial charge is 0.106 e. The molecule has 82 valence electrons. The number of imidazole rings is 1. The van der Waals surface area contributed by atoms with Gasteiger partial charge in [-0.05, 0) is 24.6 Å². The van der Waals surface area contributed by atoms with Crippen molar-refractivity contribution in [2.45, 2.75) is 27.4 Å². The number of hydrogen-bond acceptors (Lipinski definition) is 2.